The first-order valence-electron chi connectivity index (χ1n) is 7.09. The van der Waals surface area contributed by atoms with Gasteiger partial charge >= 0.3 is 0 Å². The van der Waals surface area contributed by atoms with E-state index in [0.29, 0.717) is 13.1 Å². The van der Waals surface area contributed by atoms with Gasteiger partial charge in [-0.25, -0.2) is 0 Å². The van der Waals surface area contributed by atoms with E-state index in [4.69, 9.17) is 0 Å². The minimum atomic E-state index is -0.222. The zero-order valence-electron chi connectivity index (χ0n) is 12.6. The van der Waals surface area contributed by atoms with Gasteiger partial charge in [-0.3, -0.25) is 9.59 Å². The van der Waals surface area contributed by atoms with Crippen molar-refractivity contribution in [2.75, 3.05) is 13.6 Å². The summed E-state index contributed by atoms with van der Waals surface area (Å²) in [5.41, 5.74) is 2.21. The van der Waals surface area contributed by atoms with Crippen molar-refractivity contribution >= 4 is 11.8 Å². The van der Waals surface area contributed by atoms with Crippen LogP contribution in [0.1, 0.15) is 37.3 Å². The second-order valence-electron chi connectivity index (χ2n) is 5.11. The molecule has 1 aromatic rings. The number of rotatable bonds is 7. The molecule has 0 atom stereocenters. The fourth-order valence-electron chi connectivity index (χ4n) is 1.88. The van der Waals surface area contributed by atoms with Crippen LogP contribution in [0.15, 0.2) is 24.3 Å². The highest BCUT2D eigenvalue weighted by Gasteiger charge is 2.13. The molecule has 1 N–H and O–H groups in total. The predicted molar refractivity (Wildman–Crippen MR) is 80.2 cm³/mol. The third-order valence-corrected chi connectivity index (χ3v) is 3.16. The maximum Gasteiger partial charge on any atom is 0.231 e. The number of nitrogens with one attached hydrogen (secondary N) is 1. The average molecular weight is 276 g/mol. The molecule has 0 aromatic heterocycles. The number of amides is 2. The second-order valence-corrected chi connectivity index (χ2v) is 5.11. The summed E-state index contributed by atoms with van der Waals surface area (Å²) in [5.74, 6) is -0.347. The molecule has 0 fully saturated rings. The zero-order chi connectivity index (χ0) is 15.0. The molecule has 1 rings (SSSR count). The van der Waals surface area contributed by atoms with Crippen LogP contribution in [0.5, 0.6) is 0 Å². The maximum absolute atomic E-state index is 11.8. The Morgan fingerprint density at radius 2 is 2.05 bits per heavy atom. The molecule has 0 saturated heterocycles. The standard InChI is InChI=1S/C16H24N2O2/c1-4-5-9-18(3)16(20)11-15(19)17-12-14-8-6-7-13(2)10-14/h6-8,10H,4-5,9,11-12H2,1-3H3,(H,17,19). The maximum atomic E-state index is 11.8. The van der Waals surface area contributed by atoms with Gasteiger partial charge in [-0.05, 0) is 18.9 Å². The van der Waals surface area contributed by atoms with Gasteiger partial charge in [0.05, 0.1) is 0 Å². The van der Waals surface area contributed by atoms with Crippen LogP contribution in [0, 0.1) is 6.92 Å². The number of carbonyl (C=O) groups is 2. The Bertz CT molecular complexity index is 458. The van der Waals surface area contributed by atoms with Gasteiger partial charge in [0.25, 0.3) is 0 Å². The van der Waals surface area contributed by atoms with Gasteiger partial charge in [0.2, 0.25) is 11.8 Å². The Balaban J connectivity index is 2.34. The minimum absolute atomic E-state index is 0.0774. The molecule has 0 saturated carbocycles. The molecular formula is C16H24N2O2. The number of hydrogen-bond acceptors (Lipinski definition) is 2. The van der Waals surface area contributed by atoms with Crippen molar-refractivity contribution in [1.82, 2.24) is 10.2 Å². The van der Waals surface area contributed by atoms with Crippen LogP contribution in [-0.4, -0.2) is 30.3 Å². The van der Waals surface area contributed by atoms with Crippen molar-refractivity contribution < 1.29 is 9.59 Å². The summed E-state index contributed by atoms with van der Waals surface area (Å²) in [6.07, 6.45) is 1.93. The Morgan fingerprint density at radius 3 is 2.70 bits per heavy atom. The van der Waals surface area contributed by atoms with Crippen molar-refractivity contribution in [2.45, 2.75) is 39.7 Å². The number of hydrogen-bond donors (Lipinski definition) is 1. The van der Waals surface area contributed by atoms with Gasteiger partial charge in [0.1, 0.15) is 6.42 Å². The number of carbonyl (C=O) groups excluding carboxylic acids is 2. The lowest BCUT2D eigenvalue weighted by Crippen LogP contribution is -2.33. The summed E-state index contributed by atoms with van der Waals surface area (Å²) in [6.45, 7) is 5.26. The Labute approximate surface area is 121 Å². The van der Waals surface area contributed by atoms with E-state index in [1.165, 1.54) is 0 Å². The lowest BCUT2D eigenvalue weighted by molar-refractivity contribution is -0.135. The normalized spacial score (nSPS) is 10.2. The monoisotopic (exact) mass is 276 g/mol. The van der Waals surface area contributed by atoms with Gasteiger partial charge in [-0.1, -0.05) is 43.2 Å². The molecule has 20 heavy (non-hydrogen) atoms. The molecule has 1 aromatic carbocycles. The molecule has 0 spiro atoms. The number of benzene rings is 1. The highest BCUT2D eigenvalue weighted by Crippen LogP contribution is 2.03. The van der Waals surface area contributed by atoms with Crippen LogP contribution >= 0.6 is 0 Å². The predicted octanol–water partition coefficient (Wildman–Crippen LogP) is 2.26. The molecule has 0 heterocycles. The first kappa shape index (κ1) is 16.2. The minimum Gasteiger partial charge on any atom is -0.352 e. The number of unbranched alkanes of at least 4 members (excludes halogenated alkanes) is 1. The van der Waals surface area contributed by atoms with Gasteiger partial charge in [0, 0.05) is 20.1 Å². The fourth-order valence-corrected chi connectivity index (χ4v) is 1.88. The van der Waals surface area contributed by atoms with Crippen molar-refractivity contribution in [3.05, 3.63) is 35.4 Å². The van der Waals surface area contributed by atoms with Crippen LogP contribution in [0.3, 0.4) is 0 Å². The summed E-state index contributed by atoms with van der Waals surface area (Å²) in [7, 11) is 1.74. The van der Waals surface area contributed by atoms with E-state index >= 15 is 0 Å². The van der Waals surface area contributed by atoms with Crippen LogP contribution in [0.25, 0.3) is 0 Å². The molecule has 0 unspecified atom stereocenters. The van der Waals surface area contributed by atoms with Gasteiger partial charge in [-0.15, -0.1) is 0 Å². The third-order valence-electron chi connectivity index (χ3n) is 3.16. The topological polar surface area (TPSA) is 49.4 Å². The molecule has 0 radical (unpaired) electrons. The van der Waals surface area contributed by atoms with Crippen molar-refractivity contribution in [2.24, 2.45) is 0 Å². The summed E-state index contributed by atoms with van der Waals surface area (Å²) in [6, 6.07) is 7.95. The molecule has 4 nitrogen and oxygen atoms in total. The van der Waals surface area contributed by atoms with E-state index in [-0.39, 0.29) is 18.2 Å². The fraction of sp³-hybridized carbons (Fsp3) is 0.500. The van der Waals surface area contributed by atoms with Crippen LogP contribution < -0.4 is 5.32 Å². The lowest BCUT2D eigenvalue weighted by Gasteiger charge is -2.16. The molecule has 0 aliphatic rings. The molecule has 0 bridgehead atoms. The van der Waals surface area contributed by atoms with E-state index in [9.17, 15) is 9.59 Å². The Hall–Kier alpha value is -1.84. The van der Waals surface area contributed by atoms with E-state index in [2.05, 4.69) is 12.2 Å². The summed E-state index contributed by atoms with van der Waals surface area (Å²) in [4.78, 5) is 25.1. The summed E-state index contributed by atoms with van der Waals surface area (Å²) in [5, 5.41) is 2.78. The van der Waals surface area contributed by atoms with Crippen molar-refractivity contribution in [3.63, 3.8) is 0 Å². The molecule has 0 aliphatic heterocycles. The highest BCUT2D eigenvalue weighted by atomic mass is 16.2. The molecule has 0 aliphatic carbocycles. The first-order valence-corrected chi connectivity index (χ1v) is 7.09. The van der Waals surface area contributed by atoms with Crippen molar-refractivity contribution in [3.8, 4) is 0 Å². The average Bonchev–Trinajstić information content (AvgIpc) is 2.42. The third kappa shape index (κ3) is 5.87. The smallest absolute Gasteiger partial charge is 0.231 e. The van der Waals surface area contributed by atoms with Gasteiger partial charge < -0.3 is 10.2 Å². The molecule has 2 amide bonds. The second kappa shape index (κ2) is 8.35. The highest BCUT2D eigenvalue weighted by molar-refractivity contribution is 5.96. The Morgan fingerprint density at radius 1 is 1.30 bits per heavy atom. The lowest BCUT2D eigenvalue weighted by atomic mass is 10.1. The quantitative estimate of drug-likeness (QED) is 0.777. The van der Waals surface area contributed by atoms with E-state index in [1.807, 2.05) is 31.2 Å². The van der Waals surface area contributed by atoms with E-state index < -0.39 is 0 Å². The van der Waals surface area contributed by atoms with Crippen LogP contribution in [-0.2, 0) is 16.1 Å². The zero-order valence-corrected chi connectivity index (χ0v) is 12.6. The summed E-state index contributed by atoms with van der Waals surface area (Å²) >= 11 is 0. The summed E-state index contributed by atoms with van der Waals surface area (Å²) < 4.78 is 0. The van der Waals surface area contributed by atoms with Crippen molar-refractivity contribution in [1.29, 1.82) is 0 Å². The Kier molecular flexibility index (Phi) is 6.77. The van der Waals surface area contributed by atoms with Crippen LogP contribution in [0.2, 0.25) is 0 Å². The SMILES string of the molecule is CCCCN(C)C(=O)CC(=O)NCc1cccc(C)c1. The van der Waals surface area contributed by atoms with Gasteiger partial charge in [-0.2, -0.15) is 0 Å². The first-order chi connectivity index (χ1) is 9.52. The number of nitrogens with zero attached hydrogens (tertiary/aromatic N) is 1. The largest absolute Gasteiger partial charge is 0.352 e. The van der Waals surface area contributed by atoms with E-state index in [0.717, 1.165) is 24.0 Å². The molecular weight excluding hydrogens is 252 g/mol. The van der Waals surface area contributed by atoms with Gasteiger partial charge in [0.15, 0.2) is 0 Å². The molecule has 4 heteroatoms. The van der Waals surface area contributed by atoms with Crippen LogP contribution in [0.4, 0.5) is 0 Å². The number of aryl methyl sites for hydroxylation is 1. The van der Waals surface area contributed by atoms with E-state index in [1.54, 1.807) is 11.9 Å². The molecule has 110 valence electrons.